The molecule has 1 aromatic heterocycles. The summed E-state index contributed by atoms with van der Waals surface area (Å²) in [5, 5.41) is 9.20. The van der Waals surface area contributed by atoms with E-state index in [0.717, 1.165) is 5.56 Å². The van der Waals surface area contributed by atoms with Crippen molar-refractivity contribution in [2.75, 3.05) is 18.4 Å². The molecular weight excluding hydrogens is 411 g/mol. The molecule has 7 nitrogen and oxygen atoms in total. The highest BCUT2D eigenvalue weighted by Gasteiger charge is 2.09. The zero-order chi connectivity index (χ0) is 22.8. The van der Waals surface area contributed by atoms with E-state index >= 15 is 0 Å². The number of nitrogens with zero attached hydrogens (tertiary/aromatic N) is 1. The van der Waals surface area contributed by atoms with Gasteiger partial charge in [0.25, 0.3) is 5.91 Å². The molecule has 1 unspecified atom stereocenters. The van der Waals surface area contributed by atoms with E-state index in [1.807, 2.05) is 38.1 Å². The lowest BCUT2D eigenvalue weighted by Gasteiger charge is -2.17. The standard InChI is InChI=1S/C24H27FN4O3/c1-3-26-24(27-15-17(2)32-21-7-4-6-19(25)14-21)28-16-18-9-11-20(12-10-18)29-23(30)22-8-5-13-31-22/h4-14,17H,3,15-16H2,1-2H3,(H,29,30)(H2,26,27,28). The van der Waals surface area contributed by atoms with Crippen molar-refractivity contribution in [1.29, 1.82) is 0 Å². The molecule has 3 aromatic rings. The summed E-state index contributed by atoms with van der Waals surface area (Å²) in [6.07, 6.45) is 1.28. The van der Waals surface area contributed by atoms with E-state index in [-0.39, 0.29) is 23.6 Å². The quantitative estimate of drug-likeness (QED) is 0.344. The molecular formula is C24H27FN4O3. The summed E-state index contributed by atoms with van der Waals surface area (Å²) in [6, 6.07) is 16.8. The molecule has 3 rings (SSSR count). The smallest absolute Gasteiger partial charge is 0.291 e. The average molecular weight is 439 g/mol. The van der Waals surface area contributed by atoms with Crippen LogP contribution in [0.2, 0.25) is 0 Å². The highest BCUT2D eigenvalue weighted by Crippen LogP contribution is 2.14. The van der Waals surface area contributed by atoms with Gasteiger partial charge in [-0.2, -0.15) is 0 Å². The van der Waals surface area contributed by atoms with Crippen molar-refractivity contribution in [2.45, 2.75) is 26.5 Å². The van der Waals surface area contributed by atoms with Crippen LogP contribution in [0, 0.1) is 5.82 Å². The topological polar surface area (TPSA) is 87.9 Å². The Bertz CT molecular complexity index is 1020. The van der Waals surface area contributed by atoms with E-state index in [9.17, 15) is 9.18 Å². The zero-order valence-corrected chi connectivity index (χ0v) is 18.1. The lowest BCUT2D eigenvalue weighted by molar-refractivity contribution is 0.0996. The van der Waals surface area contributed by atoms with Gasteiger partial charge in [-0.15, -0.1) is 0 Å². The minimum Gasteiger partial charge on any atom is -0.489 e. The summed E-state index contributed by atoms with van der Waals surface area (Å²) < 4.78 is 24.1. The molecule has 0 spiro atoms. The van der Waals surface area contributed by atoms with Crippen molar-refractivity contribution in [1.82, 2.24) is 10.6 Å². The predicted molar refractivity (Wildman–Crippen MR) is 122 cm³/mol. The predicted octanol–water partition coefficient (Wildman–Crippen LogP) is 4.19. The van der Waals surface area contributed by atoms with Crippen LogP contribution in [-0.2, 0) is 6.54 Å². The van der Waals surface area contributed by atoms with Crippen LogP contribution in [-0.4, -0.2) is 31.1 Å². The number of rotatable bonds is 9. The molecule has 0 bridgehead atoms. The average Bonchev–Trinajstić information content (AvgIpc) is 3.32. The van der Waals surface area contributed by atoms with Crippen LogP contribution >= 0.6 is 0 Å². The van der Waals surface area contributed by atoms with E-state index in [2.05, 4.69) is 20.9 Å². The second-order valence-electron chi connectivity index (χ2n) is 7.09. The van der Waals surface area contributed by atoms with Gasteiger partial charge >= 0.3 is 0 Å². The van der Waals surface area contributed by atoms with Gasteiger partial charge in [0.2, 0.25) is 0 Å². The van der Waals surface area contributed by atoms with Crippen LogP contribution in [0.15, 0.2) is 76.3 Å². The first kappa shape index (κ1) is 22.9. The van der Waals surface area contributed by atoms with Crippen LogP contribution < -0.4 is 20.7 Å². The van der Waals surface area contributed by atoms with Crippen LogP contribution in [0.25, 0.3) is 0 Å². The molecule has 1 heterocycles. The van der Waals surface area contributed by atoms with Crippen molar-refractivity contribution < 1.29 is 18.3 Å². The Morgan fingerprint density at radius 1 is 1.12 bits per heavy atom. The Balaban J connectivity index is 1.51. The molecule has 0 aliphatic heterocycles. The number of benzene rings is 2. The third-order valence-electron chi connectivity index (χ3n) is 4.41. The van der Waals surface area contributed by atoms with Gasteiger partial charge in [0, 0.05) is 18.3 Å². The summed E-state index contributed by atoms with van der Waals surface area (Å²) in [6.45, 7) is 5.56. The number of carbonyl (C=O) groups excluding carboxylic acids is 1. The summed E-state index contributed by atoms with van der Waals surface area (Å²) in [4.78, 5) is 16.6. The number of hydrogen-bond acceptors (Lipinski definition) is 4. The third kappa shape index (κ3) is 7.16. The number of anilines is 1. The van der Waals surface area contributed by atoms with Gasteiger partial charge in [-0.05, 0) is 55.8 Å². The maximum absolute atomic E-state index is 13.3. The van der Waals surface area contributed by atoms with Crippen LogP contribution in [0.4, 0.5) is 10.1 Å². The van der Waals surface area contributed by atoms with E-state index in [0.29, 0.717) is 37.0 Å². The van der Waals surface area contributed by atoms with E-state index in [1.165, 1.54) is 18.4 Å². The van der Waals surface area contributed by atoms with E-state index in [1.54, 1.807) is 24.3 Å². The summed E-state index contributed by atoms with van der Waals surface area (Å²) in [5.74, 6) is 0.770. The number of hydrogen-bond donors (Lipinski definition) is 3. The summed E-state index contributed by atoms with van der Waals surface area (Å²) >= 11 is 0. The third-order valence-corrected chi connectivity index (χ3v) is 4.41. The van der Waals surface area contributed by atoms with Gasteiger partial charge in [0.05, 0.1) is 19.4 Å². The Kier molecular flexibility index (Phi) is 8.25. The molecule has 0 fully saturated rings. The van der Waals surface area contributed by atoms with Gasteiger partial charge in [-0.1, -0.05) is 18.2 Å². The molecule has 0 saturated carbocycles. The van der Waals surface area contributed by atoms with E-state index in [4.69, 9.17) is 9.15 Å². The SMILES string of the molecule is CCNC(=NCc1ccc(NC(=O)c2ccco2)cc1)NCC(C)Oc1cccc(F)c1. The number of nitrogens with one attached hydrogen (secondary N) is 3. The number of halogens is 1. The molecule has 0 aliphatic carbocycles. The fraction of sp³-hybridized carbons (Fsp3) is 0.250. The number of aliphatic imine (C=N–C) groups is 1. The van der Waals surface area contributed by atoms with Gasteiger partial charge < -0.3 is 25.1 Å². The van der Waals surface area contributed by atoms with E-state index < -0.39 is 0 Å². The zero-order valence-electron chi connectivity index (χ0n) is 18.1. The first-order chi connectivity index (χ1) is 15.5. The van der Waals surface area contributed by atoms with Crippen LogP contribution in [0.1, 0.15) is 30.0 Å². The first-order valence-electron chi connectivity index (χ1n) is 10.4. The number of furan rings is 1. The van der Waals surface area contributed by atoms with Gasteiger partial charge in [-0.25, -0.2) is 9.38 Å². The highest BCUT2D eigenvalue weighted by atomic mass is 19.1. The molecule has 2 aromatic carbocycles. The monoisotopic (exact) mass is 438 g/mol. The largest absolute Gasteiger partial charge is 0.489 e. The van der Waals surface area contributed by atoms with Crippen molar-refractivity contribution >= 4 is 17.6 Å². The second kappa shape index (κ2) is 11.5. The molecule has 1 amide bonds. The Morgan fingerprint density at radius 2 is 1.94 bits per heavy atom. The summed E-state index contributed by atoms with van der Waals surface area (Å²) in [7, 11) is 0. The Morgan fingerprint density at radius 3 is 2.62 bits per heavy atom. The number of amides is 1. The first-order valence-corrected chi connectivity index (χ1v) is 10.4. The Labute approximate surface area is 186 Å². The van der Waals surface area contributed by atoms with Gasteiger partial charge in [0.15, 0.2) is 11.7 Å². The number of ether oxygens (including phenoxy) is 1. The molecule has 32 heavy (non-hydrogen) atoms. The summed E-state index contributed by atoms with van der Waals surface area (Å²) in [5.41, 5.74) is 1.66. The molecule has 8 heteroatoms. The van der Waals surface area contributed by atoms with Crippen LogP contribution in [0.3, 0.4) is 0 Å². The molecule has 3 N–H and O–H groups in total. The van der Waals surface area contributed by atoms with Crippen LogP contribution in [0.5, 0.6) is 5.75 Å². The lowest BCUT2D eigenvalue weighted by atomic mass is 10.2. The molecule has 168 valence electrons. The fourth-order valence-electron chi connectivity index (χ4n) is 2.86. The maximum Gasteiger partial charge on any atom is 0.291 e. The highest BCUT2D eigenvalue weighted by molar-refractivity contribution is 6.02. The molecule has 0 radical (unpaired) electrons. The van der Waals surface area contributed by atoms with Gasteiger partial charge in [0.1, 0.15) is 17.7 Å². The fourth-order valence-corrected chi connectivity index (χ4v) is 2.86. The molecule has 0 saturated heterocycles. The number of guanidine groups is 1. The van der Waals surface area contributed by atoms with Crippen molar-refractivity contribution in [3.05, 3.63) is 84.1 Å². The minimum absolute atomic E-state index is 0.183. The van der Waals surface area contributed by atoms with Crippen molar-refractivity contribution in [3.63, 3.8) is 0 Å². The second-order valence-corrected chi connectivity index (χ2v) is 7.09. The lowest BCUT2D eigenvalue weighted by Crippen LogP contribution is -2.41. The maximum atomic E-state index is 13.3. The van der Waals surface area contributed by atoms with Crippen molar-refractivity contribution in [3.8, 4) is 5.75 Å². The Hall–Kier alpha value is -3.81. The van der Waals surface area contributed by atoms with Gasteiger partial charge in [-0.3, -0.25) is 4.79 Å². The normalized spacial score (nSPS) is 12.2. The number of carbonyl (C=O) groups is 1. The van der Waals surface area contributed by atoms with Crippen molar-refractivity contribution in [2.24, 2.45) is 4.99 Å². The molecule has 1 atom stereocenters. The minimum atomic E-state index is -0.330. The molecule has 0 aliphatic rings.